The van der Waals surface area contributed by atoms with Crippen molar-refractivity contribution in [1.82, 2.24) is 5.32 Å². The summed E-state index contributed by atoms with van der Waals surface area (Å²) in [6, 6.07) is 2.78. The van der Waals surface area contributed by atoms with E-state index in [2.05, 4.69) is 5.32 Å². The molecule has 2 rings (SSSR count). The van der Waals surface area contributed by atoms with Gasteiger partial charge in [0.15, 0.2) is 5.54 Å². The largest absolute Gasteiger partial charge is 0.491 e. The SMILES string of the molecule is CNC(COc1cc(F)cc(F)c1)(C(=O)O)C1CC1. The highest BCUT2D eigenvalue weighted by atomic mass is 19.1. The Kier molecular flexibility index (Phi) is 3.71. The number of halogens is 2. The van der Waals surface area contributed by atoms with Crippen LogP contribution in [0, 0.1) is 17.6 Å². The van der Waals surface area contributed by atoms with Crippen LogP contribution in [0.1, 0.15) is 12.8 Å². The van der Waals surface area contributed by atoms with Gasteiger partial charge in [-0.1, -0.05) is 0 Å². The van der Waals surface area contributed by atoms with Gasteiger partial charge in [0.2, 0.25) is 0 Å². The molecular formula is C13H15F2NO3. The summed E-state index contributed by atoms with van der Waals surface area (Å²) in [4.78, 5) is 11.4. The Labute approximate surface area is 109 Å². The van der Waals surface area contributed by atoms with Gasteiger partial charge in [-0.2, -0.15) is 0 Å². The van der Waals surface area contributed by atoms with Gasteiger partial charge < -0.3 is 15.2 Å². The van der Waals surface area contributed by atoms with Crippen LogP contribution in [-0.2, 0) is 4.79 Å². The molecule has 4 nitrogen and oxygen atoms in total. The Morgan fingerprint density at radius 3 is 2.42 bits per heavy atom. The number of aliphatic carboxylic acids is 1. The molecule has 1 aromatic rings. The molecule has 0 bridgehead atoms. The molecule has 0 amide bonds. The lowest BCUT2D eigenvalue weighted by molar-refractivity contribution is -0.147. The summed E-state index contributed by atoms with van der Waals surface area (Å²) >= 11 is 0. The fourth-order valence-electron chi connectivity index (χ4n) is 2.12. The Hall–Kier alpha value is -1.69. The number of ether oxygens (including phenoxy) is 1. The first-order valence-corrected chi connectivity index (χ1v) is 5.99. The van der Waals surface area contributed by atoms with Crippen molar-refractivity contribution in [1.29, 1.82) is 0 Å². The van der Waals surface area contributed by atoms with E-state index in [-0.39, 0.29) is 18.3 Å². The van der Waals surface area contributed by atoms with E-state index in [4.69, 9.17) is 4.74 Å². The molecule has 1 saturated carbocycles. The molecule has 2 N–H and O–H groups in total. The average molecular weight is 271 g/mol. The van der Waals surface area contributed by atoms with Crippen molar-refractivity contribution in [3.8, 4) is 5.75 Å². The van der Waals surface area contributed by atoms with Crippen molar-refractivity contribution in [3.63, 3.8) is 0 Å². The standard InChI is InChI=1S/C13H15F2NO3/c1-16-13(12(17)18,8-2-3-8)7-19-11-5-9(14)4-10(15)6-11/h4-6,8,16H,2-3,7H2,1H3,(H,17,18). The lowest BCUT2D eigenvalue weighted by Crippen LogP contribution is -2.56. The number of carbonyl (C=O) groups is 1. The monoisotopic (exact) mass is 271 g/mol. The summed E-state index contributed by atoms with van der Waals surface area (Å²) in [5, 5.41) is 12.1. The highest BCUT2D eigenvalue weighted by molar-refractivity contribution is 5.80. The van der Waals surface area contributed by atoms with Gasteiger partial charge in [-0.15, -0.1) is 0 Å². The van der Waals surface area contributed by atoms with Gasteiger partial charge in [0, 0.05) is 18.2 Å². The molecule has 0 heterocycles. The Morgan fingerprint density at radius 1 is 1.42 bits per heavy atom. The third-order valence-electron chi connectivity index (χ3n) is 3.40. The van der Waals surface area contributed by atoms with E-state index >= 15 is 0 Å². The zero-order valence-electron chi connectivity index (χ0n) is 10.5. The van der Waals surface area contributed by atoms with Crippen LogP contribution < -0.4 is 10.1 Å². The Balaban J connectivity index is 2.12. The number of benzene rings is 1. The average Bonchev–Trinajstić information content (AvgIpc) is 3.13. The normalized spacial score (nSPS) is 17.8. The van der Waals surface area contributed by atoms with Crippen molar-refractivity contribution < 1.29 is 23.4 Å². The molecule has 1 unspecified atom stereocenters. The van der Waals surface area contributed by atoms with Crippen LogP contribution in [0.15, 0.2) is 18.2 Å². The topological polar surface area (TPSA) is 58.6 Å². The minimum atomic E-state index is -1.21. The van der Waals surface area contributed by atoms with Crippen molar-refractivity contribution in [2.24, 2.45) is 5.92 Å². The van der Waals surface area contributed by atoms with Gasteiger partial charge in [-0.05, 0) is 25.8 Å². The molecule has 1 aliphatic carbocycles. The quantitative estimate of drug-likeness (QED) is 0.828. The van der Waals surface area contributed by atoms with Gasteiger partial charge in [-0.25, -0.2) is 8.78 Å². The molecule has 0 aromatic heterocycles. The number of rotatable bonds is 6. The van der Waals surface area contributed by atoms with Crippen molar-refractivity contribution >= 4 is 5.97 Å². The van der Waals surface area contributed by atoms with Crippen LogP contribution in [0.2, 0.25) is 0 Å². The van der Waals surface area contributed by atoms with Crippen LogP contribution >= 0.6 is 0 Å². The molecular weight excluding hydrogens is 256 g/mol. The lowest BCUT2D eigenvalue weighted by Gasteiger charge is -2.28. The van der Waals surface area contributed by atoms with Gasteiger partial charge in [-0.3, -0.25) is 4.79 Å². The van der Waals surface area contributed by atoms with Crippen LogP contribution in [0.4, 0.5) is 8.78 Å². The summed E-state index contributed by atoms with van der Waals surface area (Å²) in [6.07, 6.45) is 1.60. The van der Waals surface area contributed by atoms with E-state index in [1.54, 1.807) is 7.05 Å². The minimum absolute atomic E-state index is 0.0148. The van der Waals surface area contributed by atoms with Gasteiger partial charge >= 0.3 is 5.97 Å². The first-order valence-electron chi connectivity index (χ1n) is 5.99. The molecule has 1 aliphatic rings. The van der Waals surface area contributed by atoms with E-state index in [0.29, 0.717) is 0 Å². The first kappa shape index (κ1) is 13.7. The van der Waals surface area contributed by atoms with E-state index in [0.717, 1.165) is 31.0 Å². The predicted octanol–water partition coefficient (Wildman–Crippen LogP) is 1.80. The van der Waals surface area contributed by atoms with E-state index in [9.17, 15) is 18.7 Å². The molecule has 0 aliphatic heterocycles. The van der Waals surface area contributed by atoms with Crippen LogP contribution in [0.5, 0.6) is 5.75 Å². The van der Waals surface area contributed by atoms with E-state index < -0.39 is 23.1 Å². The zero-order valence-corrected chi connectivity index (χ0v) is 10.5. The third kappa shape index (κ3) is 2.84. The summed E-state index contributed by atoms with van der Waals surface area (Å²) in [7, 11) is 1.54. The van der Waals surface area contributed by atoms with Gasteiger partial charge in [0.25, 0.3) is 0 Å². The van der Waals surface area contributed by atoms with Crippen LogP contribution in [0.25, 0.3) is 0 Å². The van der Waals surface area contributed by atoms with Crippen molar-refractivity contribution in [3.05, 3.63) is 29.8 Å². The van der Waals surface area contributed by atoms with Gasteiger partial charge in [0.05, 0.1) is 0 Å². The number of nitrogens with one attached hydrogen (secondary N) is 1. The maximum atomic E-state index is 13.0. The Bertz CT molecular complexity index is 471. The molecule has 1 aromatic carbocycles. The van der Waals surface area contributed by atoms with Gasteiger partial charge in [0.1, 0.15) is 24.0 Å². The fraction of sp³-hybridized carbons (Fsp3) is 0.462. The summed E-state index contributed by atoms with van der Waals surface area (Å²) in [5.41, 5.74) is -1.21. The van der Waals surface area contributed by atoms with E-state index in [1.807, 2.05) is 0 Å². The molecule has 0 spiro atoms. The first-order chi connectivity index (χ1) is 8.98. The molecule has 104 valence electrons. The van der Waals surface area contributed by atoms with Crippen molar-refractivity contribution in [2.45, 2.75) is 18.4 Å². The second-order valence-electron chi connectivity index (χ2n) is 4.69. The molecule has 1 atom stereocenters. The number of hydrogen-bond donors (Lipinski definition) is 2. The zero-order chi connectivity index (χ0) is 14.0. The van der Waals surface area contributed by atoms with Crippen LogP contribution in [0.3, 0.4) is 0 Å². The van der Waals surface area contributed by atoms with Crippen LogP contribution in [-0.4, -0.2) is 30.3 Å². The predicted molar refractivity (Wildman–Crippen MR) is 64.0 cm³/mol. The molecule has 19 heavy (non-hydrogen) atoms. The fourth-order valence-corrected chi connectivity index (χ4v) is 2.12. The molecule has 0 radical (unpaired) electrons. The summed E-state index contributed by atoms with van der Waals surface area (Å²) < 4.78 is 31.3. The lowest BCUT2D eigenvalue weighted by atomic mass is 9.94. The second kappa shape index (κ2) is 5.13. The smallest absolute Gasteiger partial charge is 0.327 e. The molecule has 6 heteroatoms. The number of hydrogen-bond acceptors (Lipinski definition) is 3. The highest BCUT2D eigenvalue weighted by Gasteiger charge is 2.51. The van der Waals surface area contributed by atoms with Crippen molar-refractivity contribution in [2.75, 3.05) is 13.7 Å². The molecule has 0 saturated heterocycles. The maximum Gasteiger partial charge on any atom is 0.327 e. The number of carboxylic acids is 1. The minimum Gasteiger partial charge on any atom is -0.491 e. The summed E-state index contributed by atoms with van der Waals surface area (Å²) in [6.45, 7) is -0.174. The highest BCUT2D eigenvalue weighted by Crippen LogP contribution is 2.40. The second-order valence-corrected chi connectivity index (χ2v) is 4.69. The third-order valence-corrected chi connectivity index (χ3v) is 3.40. The Morgan fingerprint density at radius 2 is 2.00 bits per heavy atom. The number of carboxylic acid groups (broad SMARTS) is 1. The maximum absolute atomic E-state index is 13.0. The summed E-state index contributed by atoms with van der Waals surface area (Å²) in [5.74, 6) is -2.57. The van der Waals surface area contributed by atoms with E-state index in [1.165, 1.54) is 0 Å². The molecule has 1 fully saturated rings. The number of likely N-dealkylation sites (N-methyl/N-ethyl adjacent to an activating group) is 1.